The molecule has 9 nitrogen and oxygen atoms in total. The van der Waals surface area contributed by atoms with E-state index in [0.717, 1.165) is 24.0 Å². The Bertz CT molecular complexity index is 1400. The molecule has 0 N–H and O–H groups in total. The highest BCUT2D eigenvalue weighted by Crippen LogP contribution is 2.27. The average Bonchev–Trinajstić information content (AvgIpc) is 3.21. The van der Waals surface area contributed by atoms with Gasteiger partial charge in [0.05, 0.1) is 23.3 Å². The van der Waals surface area contributed by atoms with Crippen molar-refractivity contribution in [2.24, 2.45) is 4.99 Å². The lowest BCUT2D eigenvalue weighted by molar-refractivity contribution is -0.143. The van der Waals surface area contributed by atoms with Crippen LogP contribution in [-0.4, -0.2) is 56.0 Å². The van der Waals surface area contributed by atoms with Gasteiger partial charge in [0.1, 0.15) is 17.8 Å². The predicted octanol–water partition coefficient (Wildman–Crippen LogP) is 3.19. The molecule has 1 amide bonds. The topological polar surface area (TPSA) is 107 Å². The van der Waals surface area contributed by atoms with Gasteiger partial charge in [-0.15, -0.1) is 0 Å². The third-order valence-corrected chi connectivity index (χ3v) is 8.68. The fourth-order valence-electron chi connectivity index (χ4n) is 4.01. The molecule has 0 aliphatic carbocycles. The van der Waals surface area contributed by atoms with E-state index in [4.69, 9.17) is 9.47 Å². The van der Waals surface area contributed by atoms with Crippen LogP contribution in [0.15, 0.2) is 52.4 Å². The second-order valence-corrected chi connectivity index (χ2v) is 10.9. The largest absolute Gasteiger partial charge is 0.495 e. The smallest absolute Gasteiger partial charge is 0.326 e. The maximum Gasteiger partial charge on any atom is 0.326 e. The van der Waals surface area contributed by atoms with Crippen LogP contribution in [0.1, 0.15) is 36.5 Å². The molecule has 0 radical (unpaired) electrons. The lowest BCUT2D eigenvalue weighted by atomic mass is 10.2. The average molecular weight is 518 g/mol. The minimum atomic E-state index is -3.59. The first-order chi connectivity index (χ1) is 16.8. The number of amides is 1. The maximum absolute atomic E-state index is 13.0. The Balaban J connectivity index is 1.69. The van der Waals surface area contributed by atoms with Crippen LogP contribution in [0.5, 0.6) is 5.75 Å². The molecule has 2 heterocycles. The zero-order valence-electron chi connectivity index (χ0n) is 19.6. The number of hydrogen-bond acceptors (Lipinski definition) is 7. The lowest BCUT2D eigenvalue weighted by Crippen LogP contribution is -2.35. The van der Waals surface area contributed by atoms with E-state index < -0.39 is 21.9 Å². The van der Waals surface area contributed by atoms with Crippen LogP contribution in [0, 0.1) is 0 Å². The number of hydrogen-bond donors (Lipinski definition) is 0. The van der Waals surface area contributed by atoms with Crippen molar-refractivity contribution in [1.29, 1.82) is 0 Å². The van der Waals surface area contributed by atoms with Crippen LogP contribution < -0.4 is 9.54 Å². The second kappa shape index (κ2) is 10.7. The highest BCUT2D eigenvalue weighted by atomic mass is 32.2. The molecule has 186 valence electrons. The molecule has 1 aliphatic rings. The van der Waals surface area contributed by atoms with Crippen LogP contribution in [0.4, 0.5) is 0 Å². The number of thiazole rings is 1. The number of fused-ring (bicyclic) bond motifs is 1. The minimum Gasteiger partial charge on any atom is -0.495 e. The number of methoxy groups -OCH3 is 1. The Morgan fingerprint density at radius 3 is 2.43 bits per heavy atom. The number of ether oxygens (including phenoxy) is 2. The van der Waals surface area contributed by atoms with E-state index in [9.17, 15) is 18.0 Å². The molecule has 0 saturated carbocycles. The molecule has 1 aromatic heterocycles. The summed E-state index contributed by atoms with van der Waals surface area (Å²) in [6, 6.07) is 11.2. The Kier molecular flexibility index (Phi) is 7.68. The summed E-state index contributed by atoms with van der Waals surface area (Å²) in [7, 11) is -2.06. The minimum absolute atomic E-state index is 0.132. The third kappa shape index (κ3) is 5.31. The summed E-state index contributed by atoms with van der Waals surface area (Å²) < 4.78 is 40.2. The van der Waals surface area contributed by atoms with Crippen molar-refractivity contribution >= 4 is 43.5 Å². The van der Waals surface area contributed by atoms with Gasteiger partial charge in [0.2, 0.25) is 10.0 Å². The normalized spacial score (nSPS) is 15.3. The Hall–Kier alpha value is -3.02. The predicted molar refractivity (Wildman–Crippen MR) is 132 cm³/mol. The van der Waals surface area contributed by atoms with E-state index in [0.29, 0.717) is 29.2 Å². The lowest BCUT2D eigenvalue weighted by Gasteiger charge is -2.25. The first-order valence-electron chi connectivity index (χ1n) is 11.4. The van der Waals surface area contributed by atoms with Gasteiger partial charge in [-0.2, -0.15) is 9.30 Å². The summed E-state index contributed by atoms with van der Waals surface area (Å²) in [6.07, 6.45) is 2.72. The molecule has 0 bridgehead atoms. The van der Waals surface area contributed by atoms with E-state index in [2.05, 4.69) is 4.99 Å². The number of rotatable bonds is 7. The van der Waals surface area contributed by atoms with Gasteiger partial charge in [-0.3, -0.25) is 9.59 Å². The summed E-state index contributed by atoms with van der Waals surface area (Å²) in [5.41, 5.74) is 0.886. The van der Waals surface area contributed by atoms with Crippen molar-refractivity contribution in [2.75, 3.05) is 26.8 Å². The van der Waals surface area contributed by atoms with Crippen LogP contribution in [0.25, 0.3) is 10.2 Å². The summed E-state index contributed by atoms with van der Waals surface area (Å²) in [4.78, 5) is 30.0. The number of aromatic nitrogens is 1. The molecule has 3 aromatic rings. The molecule has 1 saturated heterocycles. The highest BCUT2D eigenvalue weighted by molar-refractivity contribution is 7.89. The first kappa shape index (κ1) is 25.1. The number of carbonyl (C=O) groups excluding carboxylic acids is 2. The Morgan fingerprint density at radius 2 is 1.77 bits per heavy atom. The van der Waals surface area contributed by atoms with Crippen molar-refractivity contribution in [3.05, 3.63) is 52.8 Å². The SMILES string of the molecule is CCOC(=O)Cn1c(=NC(=O)c2ccc(S(=O)(=O)N3CCCCC3)cc2)sc2cccc(OC)c21. The summed E-state index contributed by atoms with van der Waals surface area (Å²) >= 11 is 1.25. The van der Waals surface area contributed by atoms with Crippen LogP contribution in [0.3, 0.4) is 0 Å². The monoisotopic (exact) mass is 517 g/mol. The van der Waals surface area contributed by atoms with Gasteiger partial charge in [-0.05, 0) is 56.2 Å². The van der Waals surface area contributed by atoms with Gasteiger partial charge in [0.25, 0.3) is 5.91 Å². The number of benzene rings is 2. The van der Waals surface area contributed by atoms with E-state index >= 15 is 0 Å². The third-order valence-electron chi connectivity index (χ3n) is 5.73. The molecule has 0 unspecified atom stereocenters. The number of piperidine rings is 1. The van der Waals surface area contributed by atoms with Gasteiger partial charge in [-0.25, -0.2) is 8.42 Å². The summed E-state index contributed by atoms with van der Waals surface area (Å²) in [5, 5.41) is 0. The molecule has 35 heavy (non-hydrogen) atoms. The van der Waals surface area contributed by atoms with E-state index in [-0.39, 0.29) is 23.6 Å². The van der Waals surface area contributed by atoms with Crippen molar-refractivity contribution in [3.63, 3.8) is 0 Å². The van der Waals surface area contributed by atoms with Crippen LogP contribution in [-0.2, 0) is 26.1 Å². The van der Waals surface area contributed by atoms with Crippen molar-refractivity contribution in [3.8, 4) is 5.75 Å². The fourth-order valence-corrected chi connectivity index (χ4v) is 6.57. The summed E-state index contributed by atoms with van der Waals surface area (Å²) in [5.74, 6) is -0.460. The van der Waals surface area contributed by atoms with Crippen LogP contribution >= 0.6 is 11.3 Å². The molecular weight excluding hydrogens is 490 g/mol. The van der Waals surface area contributed by atoms with Gasteiger partial charge in [-0.1, -0.05) is 23.8 Å². The molecule has 4 rings (SSSR count). The molecule has 0 spiro atoms. The molecule has 1 aliphatic heterocycles. The van der Waals surface area contributed by atoms with Gasteiger partial charge >= 0.3 is 5.97 Å². The fraction of sp³-hybridized carbons (Fsp3) is 0.375. The molecule has 11 heteroatoms. The Morgan fingerprint density at radius 1 is 1.06 bits per heavy atom. The van der Waals surface area contributed by atoms with Crippen molar-refractivity contribution in [2.45, 2.75) is 37.6 Å². The molecule has 0 atom stereocenters. The molecule has 2 aromatic carbocycles. The van der Waals surface area contributed by atoms with Crippen molar-refractivity contribution < 1.29 is 27.5 Å². The summed E-state index contributed by atoms with van der Waals surface area (Å²) in [6.45, 7) is 2.84. The van der Waals surface area contributed by atoms with Crippen LogP contribution in [0.2, 0.25) is 0 Å². The van der Waals surface area contributed by atoms with E-state index in [1.54, 1.807) is 17.6 Å². The highest BCUT2D eigenvalue weighted by Gasteiger charge is 2.26. The van der Waals surface area contributed by atoms with Gasteiger partial charge in [0, 0.05) is 18.7 Å². The molecular formula is C24H27N3O6S2. The maximum atomic E-state index is 13.0. The number of para-hydroxylation sites is 1. The van der Waals surface area contributed by atoms with E-state index in [1.807, 2.05) is 12.1 Å². The quantitative estimate of drug-likeness (QED) is 0.446. The number of esters is 1. The Labute approximate surface area is 207 Å². The first-order valence-corrected chi connectivity index (χ1v) is 13.6. The number of sulfonamides is 1. The van der Waals surface area contributed by atoms with Gasteiger partial charge in [0.15, 0.2) is 4.80 Å². The van der Waals surface area contributed by atoms with Crippen molar-refractivity contribution in [1.82, 2.24) is 8.87 Å². The van der Waals surface area contributed by atoms with E-state index in [1.165, 1.54) is 47.0 Å². The standard InChI is InChI=1S/C24H27N3O6S2/c1-3-33-21(28)16-27-22-19(32-2)8-7-9-20(22)34-24(27)25-23(29)17-10-12-18(13-11-17)35(30,31)26-14-5-4-6-15-26/h7-13H,3-6,14-16H2,1-2H3. The number of carbonyl (C=O) groups is 2. The second-order valence-electron chi connectivity index (χ2n) is 7.99. The number of nitrogens with zero attached hydrogens (tertiary/aromatic N) is 3. The zero-order valence-corrected chi connectivity index (χ0v) is 21.2. The zero-order chi connectivity index (χ0) is 25.0. The van der Waals surface area contributed by atoms with Gasteiger partial charge < -0.3 is 14.0 Å². The molecule has 1 fully saturated rings.